The van der Waals surface area contributed by atoms with Gasteiger partial charge in [0, 0.05) is 0 Å². The van der Waals surface area contributed by atoms with Crippen molar-refractivity contribution in [3.8, 4) is 0 Å². The topological polar surface area (TPSA) is 46.5 Å². The lowest BCUT2D eigenvalue weighted by molar-refractivity contribution is -0.147. The molecular weight excluding hydrogens is 192 g/mol. The summed E-state index contributed by atoms with van der Waals surface area (Å²) in [5.41, 5.74) is 0. The van der Waals surface area contributed by atoms with E-state index in [1.54, 1.807) is 0 Å². The molecule has 1 rings (SSSR count). The maximum atomic E-state index is 10.5. The van der Waals surface area contributed by atoms with Gasteiger partial charge in [0.25, 0.3) is 0 Å². The molecule has 1 aliphatic rings. The molecule has 0 bridgehead atoms. The number of aliphatic carboxylic acids is 1. The molecule has 0 heterocycles. The Kier molecular flexibility index (Phi) is 4.58. The minimum Gasteiger partial charge on any atom is -0.480 e. The van der Waals surface area contributed by atoms with Gasteiger partial charge in [-0.1, -0.05) is 27.2 Å². The lowest BCUT2D eigenvalue weighted by Gasteiger charge is -2.36. The highest BCUT2D eigenvalue weighted by Crippen LogP contribution is 2.35. The summed E-state index contributed by atoms with van der Waals surface area (Å²) in [6, 6.07) is 0. The van der Waals surface area contributed by atoms with Gasteiger partial charge in [-0.3, -0.25) is 0 Å². The summed E-state index contributed by atoms with van der Waals surface area (Å²) < 4.78 is 5.49. The van der Waals surface area contributed by atoms with Crippen molar-refractivity contribution >= 4 is 5.97 Å². The van der Waals surface area contributed by atoms with Crippen LogP contribution in [0.5, 0.6) is 0 Å². The standard InChI is InChI=1S/C12H22O3/c1-8(2)10-5-4-9(3)6-11(10)15-7-12(13)14/h8-11H,4-7H2,1-3H3,(H,13,14)/t9-,10+,11-/m0/s1. The minimum absolute atomic E-state index is 0.143. The first-order valence-electron chi connectivity index (χ1n) is 5.84. The summed E-state index contributed by atoms with van der Waals surface area (Å²) in [4.78, 5) is 10.5. The monoisotopic (exact) mass is 214 g/mol. The fourth-order valence-electron chi connectivity index (χ4n) is 2.48. The Labute approximate surface area is 91.8 Å². The molecule has 1 N–H and O–H groups in total. The van der Waals surface area contributed by atoms with Crippen LogP contribution in [-0.2, 0) is 9.53 Å². The van der Waals surface area contributed by atoms with E-state index in [4.69, 9.17) is 9.84 Å². The van der Waals surface area contributed by atoms with Gasteiger partial charge in [-0.15, -0.1) is 0 Å². The maximum absolute atomic E-state index is 10.5. The van der Waals surface area contributed by atoms with Crippen LogP contribution in [0.1, 0.15) is 40.0 Å². The summed E-state index contributed by atoms with van der Waals surface area (Å²) >= 11 is 0. The molecule has 1 saturated carbocycles. The normalized spacial score (nSPS) is 31.9. The molecule has 3 heteroatoms. The van der Waals surface area contributed by atoms with Crippen LogP contribution in [0.4, 0.5) is 0 Å². The molecule has 88 valence electrons. The first-order valence-corrected chi connectivity index (χ1v) is 5.84. The van der Waals surface area contributed by atoms with Gasteiger partial charge in [-0.05, 0) is 30.6 Å². The Morgan fingerprint density at radius 2 is 2.13 bits per heavy atom. The van der Waals surface area contributed by atoms with Crippen molar-refractivity contribution in [3.63, 3.8) is 0 Å². The zero-order valence-corrected chi connectivity index (χ0v) is 9.90. The van der Waals surface area contributed by atoms with Gasteiger partial charge < -0.3 is 9.84 Å². The molecule has 0 aliphatic heterocycles. The Balaban J connectivity index is 2.50. The molecule has 3 atom stereocenters. The van der Waals surface area contributed by atoms with E-state index in [2.05, 4.69) is 20.8 Å². The van der Waals surface area contributed by atoms with Crippen LogP contribution in [0.2, 0.25) is 0 Å². The third-order valence-electron chi connectivity index (χ3n) is 3.38. The fraction of sp³-hybridized carbons (Fsp3) is 0.917. The number of rotatable bonds is 4. The number of hydrogen-bond donors (Lipinski definition) is 1. The molecule has 0 aromatic rings. The molecule has 1 fully saturated rings. The van der Waals surface area contributed by atoms with E-state index in [-0.39, 0.29) is 12.7 Å². The highest BCUT2D eigenvalue weighted by Gasteiger charge is 2.31. The van der Waals surface area contributed by atoms with Crippen molar-refractivity contribution in [1.82, 2.24) is 0 Å². The van der Waals surface area contributed by atoms with E-state index in [0.717, 1.165) is 6.42 Å². The van der Waals surface area contributed by atoms with Crippen molar-refractivity contribution in [1.29, 1.82) is 0 Å². The number of hydrogen-bond acceptors (Lipinski definition) is 2. The summed E-state index contributed by atoms with van der Waals surface area (Å²) in [5, 5.41) is 8.61. The SMILES string of the molecule is CC(C)[C@H]1CC[C@H](C)C[C@@H]1OCC(=O)O. The lowest BCUT2D eigenvalue weighted by atomic mass is 9.75. The zero-order chi connectivity index (χ0) is 11.4. The predicted molar refractivity (Wildman–Crippen MR) is 58.7 cm³/mol. The number of ether oxygens (including phenoxy) is 1. The Hall–Kier alpha value is -0.570. The summed E-state index contributed by atoms with van der Waals surface area (Å²) in [7, 11) is 0. The second kappa shape index (κ2) is 5.50. The van der Waals surface area contributed by atoms with Gasteiger partial charge in [0.15, 0.2) is 0 Å². The molecular formula is C12H22O3. The third kappa shape index (κ3) is 3.82. The first-order chi connectivity index (χ1) is 7.00. The predicted octanol–water partition coefficient (Wildman–Crippen LogP) is 2.55. The average Bonchev–Trinajstić information content (AvgIpc) is 2.14. The lowest BCUT2D eigenvalue weighted by Crippen LogP contribution is -2.35. The average molecular weight is 214 g/mol. The van der Waals surface area contributed by atoms with E-state index in [0.29, 0.717) is 17.8 Å². The highest BCUT2D eigenvalue weighted by molar-refractivity contribution is 5.68. The van der Waals surface area contributed by atoms with E-state index >= 15 is 0 Å². The molecule has 0 saturated heterocycles. The first kappa shape index (κ1) is 12.5. The van der Waals surface area contributed by atoms with Crippen LogP contribution in [0.3, 0.4) is 0 Å². The fourth-order valence-corrected chi connectivity index (χ4v) is 2.48. The zero-order valence-electron chi connectivity index (χ0n) is 9.90. The van der Waals surface area contributed by atoms with Crippen molar-refractivity contribution < 1.29 is 14.6 Å². The Morgan fingerprint density at radius 1 is 1.47 bits per heavy atom. The van der Waals surface area contributed by atoms with Crippen LogP contribution < -0.4 is 0 Å². The summed E-state index contributed by atoms with van der Waals surface area (Å²) in [5.74, 6) is 0.909. The highest BCUT2D eigenvalue weighted by atomic mass is 16.5. The van der Waals surface area contributed by atoms with Crippen LogP contribution in [0.15, 0.2) is 0 Å². The molecule has 0 aromatic heterocycles. The largest absolute Gasteiger partial charge is 0.480 e. The third-order valence-corrected chi connectivity index (χ3v) is 3.38. The van der Waals surface area contributed by atoms with E-state index in [1.807, 2.05) is 0 Å². The van der Waals surface area contributed by atoms with Crippen molar-refractivity contribution in [2.24, 2.45) is 17.8 Å². The van der Waals surface area contributed by atoms with Crippen LogP contribution in [-0.4, -0.2) is 23.8 Å². The van der Waals surface area contributed by atoms with E-state index in [1.165, 1.54) is 12.8 Å². The summed E-state index contributed by atoms with van der Waals surface area (Å²) in [6.45, 7) is 6.45. The quantitative estimate of drug-likeness (QED) is 0.782. The Bertz CT molecular complexity index is 213. The van der Waals surface area contributed by atoms with Crippen molar-refractivity contribution in [2.75, 3.05) is 6.61 Å². The second-order valence-corrected chi connectivity index (χ2v) is 5.07. The molecule has 0 radical (unpaired) electrons. The molecule has 3 nitrogen and oxygen atoms in total. The van der Waals surface area contributed by atoms with Gasteiger partial charge in [0.2, 0.25) is 0 Å². The van der Waals surface area contributed by atoms with Gasteiger partial charge in [0.1, 0.15) is 6.61 Å². The molecule has 1 aliphatic carbocycles. The molecule has 15 heavy (non-hydrogen) atoms. The molecule has 0 aromatic carbocycles. The van der Waals surface area contributed by atoms with Crippen LogP contribution >= 0.6 is 0 Å². The Morgan fingerprint density at radius 3 is 2.67 bits per heavy atom. The van der Waals surface area contributed by atoms with E-state index < -0.39 is 5.97 Å². The summed E-state index contributed by atoms with van der Waals surface area (Å²) in [6.07, 6.45) is 3.57. The van der Waals surface area contributed by atoms with Gasteiger partial charge in [-0.2, -0.15) is 0 Å². The number of carboxylic acid groups (broad SMARTS) is 1. The van der Waals surface area contributed by atoms with Crippen LogP contribution in [0.25, 0.3) is 0 Å². The van der Waals surface area contributed by atoms with Crippen molar-refractivity contribution in [3.05, 3.63) is 0 Å². The number of carboxylic acids is 1. The second-order valence-electron chi connectivity index (χ2n) is 5.07. The molecule has 0 unspecified atom stereocenters. The van der Waals surface area contributed by atoms with Crippen LogP contribution in [0, 0.1) is 17.8 Å². The van der Waals surface area contributed by atoms with E-state index in [9.17, 15) is 4.79 Å². The van der Waals surface area contributed by atoms with Gasteiger partial charge >= 0.3 is 5.97 Å². The smallest absolute Gasteiger partial charge is 0.329 e. The maximum Gasteiger partial charge on any atom is 0.329 e. The van der Waals surface area contributed by atoms with Crippen molar-refractivity contribution in [2.45, 2.75) is 46.1 Å². The van der Waals surface area contributed by atoms with Gasteiger partial charge in [0.05, 0.1) is 6.10 Å². The number of carbonyl (C=O) groups is 1. The molecule has 0 amide bonds. The molecule has 0 spiro atoms. The van der Waals surface area contributed by atoms with Gasteiger partial charge in [-0.25, -0.2) is 4.79 Å². The minimum atomic E-state index is -0.865.